The minimum Gasteiger partial charge on any atom is -0.511 e. The molecule has 0 aromatic heterocycles. The lowest BCUT2D eigenvalue weighted by molar-refractivity contribution is -0.140. The summed E-state index contributed by atoms with van der Waals surface area (Å²) in [5.74, 6) is -0.561. The standard InChI is InChI=1S/C15H23NO5/c1-5-21-16-10(6-7-13(19)20-4)14-11(17)8-15(2,3)9-12(14)18/h17H,5-9H2,1-4H3/b16-10+. The summed E-state index contributed by atoms with van der Waals surface area (Å²) < 4.78 is 4.58. The first-order chi connectivity index (χ1) is 9.80. The highest BCUT2D eigenvalue weighted by Gasteiger charge is 2.35. The third kappa shape index (κ3) is 4.88. The molecule has 1 aliphatic carbocycles. The van der Waals surface area contributed by atoms with E-state index in [0.717, 1.165) is 0 Å². The van der Waals surface area contributed by atoms with Gasteiger partial charge in [0.15, 0.2) is 5.78 Å². The molecule has 0 unspecified atom stereocenters. The van der Waals surface area contributed by atoms with Crippen LogP contribution < -0.4 is 0 Å². The fourth-order valence-electron chi connectivity index (χ4n) is 2.30. The number of aliphatic hydroxyl groups excluding tert-OH is 1. The third-order valence-electron chi connectivity index (χ3n) is 3.24. The Balaban J connectivity index is 3.02. The van der Waals surface area contributed by atoms with Gasteiger partial charge < -0.3 is 14.7 Å². The number of esters is 1. The Hall–Kier alpha value is -1.85. The monoisotopic (exact) mass is 297 g/mol. The SMILES string of the molecule is CCO/N=C(\CCC(=O)OC)C1=C(O)CC(C)(C)CC1=O. The highest BCUT2D eigenvalue weighted by atomic mass is 16.6. The highest BCUT2D eigenvalue weighted by molar-refractivity contribution is 6.23. The molecule has 6 nitrogen and oxygen atoms in total. The second kappa shape index (κ2) is 7.24. The minimum absolute atomic E-state index is 0.0135. The molecule has 0 radical (unpaired) electrons. The van der Waals surface area contributed by atoms with Crippen LogP contribution in [0, 0.1) is 5.41 Å². The maximum Gasteiger partial charge on any atom is 0.305 e. The summed E-state index contributed by atoms with van der Waals surface area (Å²) in [6, 6.07) is 0. The zero-order valence-corrected chi connectivity index (χ0v) is 13.1. The number of aliphatic hydroxyl groups is 1. The largest absolute Gasteiger partial charge is 0.511 e. The maximum absolute atomic E-state index is 12.3. The molecule has 6 heteroatoms. The van der Waals surface area contributed by atoms with Gasteiger partial charge in [0, 0.05) is 19.3 Å². The Morgan fingerprint density at radius 2 is 2.00 bits per heavy atom. The van der Waals surface area contributed by atoms with Crippen LogP contribution in [0.5, 0.6) is 0 Å². The first-order valence-electron chi connectivity index (χ1n) is 7.02. The van der Waals surface area contributed by atoms with Crippen molar-refractivity contribution in [3.63, 3.8) is 0 Å². The van der Waals surface area contributed by atoms with Gasteiger partial charge in [-0.2, -0.15) is 0 Å². The van der Waals surface area contributed by atoms with E-state index >= 15 is 0 Å². The van der Waals surface area contributed by atoms with Gasteiger partial charge in [-0.25, -0.2) is 0 Å². The van der Waals surface area contributed by atoms with Gasteiger partial charge in [-0.15, -0.1) is 0 Å². The van der Waals surface area contributed by atoms with Gasteiger partial charge in [-0.3, -0.25) is 9.59 Å². The first-order valence-corrected chi connectivity index (χ1v) is 7.02. The summed E-state index contributed by atoms with van der Waals surface area (Å²) >= 11 is 0. The fraction of sp³-hybridized carbons (Fsp3) is 0.667. The summed E-state index contributed by atoms with van der Waals surface area (Å²) in [4.78, 5) is 28.5. The lowest BCUT2D eigenvalue weighted by Crippen LogP contribution is -2.29. The van der Waals surface area contributed by atoms with Crippen molar-refractivity contribution in [3.8, 4) is 0 Å². The van der Waals surface area contributed by atoms with Crippen LogP contribution in [-0.2, 0) is 19.2 Å². The number of allylic oxidation sites excluding steroid dienone is 2. The molecule has 0 fully saturated rings. The van der Waals surface area contributed by atoms with E-state index < -0.39 is 5.97 Å². The number of carbonyl (C=O) groups excluding carboxylic acids is 2. The van der Waals surface area contributed by atoms with Gasteiger partial charge >= 0.3 is 5.97 Å². The number of ether oxygens (including phenoxy) is 1. The van der Waals surface area contributed by atoms with Crippen LogP contribution in [0.3, 0.4) is 0 Å². The van der Waals surface area contributed by atoms with Crippen molar-refractivity contribution in [2.75, 3.05) is 13.7 Å². The second-order valence-electron chi connectivity index (χ2n) is 5.79. The van der Waals surface area contributed by atoms with Crippen molar-refractivity contribution in [2.45, 2.75) is 46.5 Å². The highest BCUT2D eigenvalue weighted by Crippen LogP contribution is 2.36. The molecule has 0 aromatic rings. The molecule has 0 bridgehead atoms. The van der Waals surface area contributed by atoms with Crippen molar-refractivity contribution in [1.29, 1.82) is 0 Å². The van der Waals surface area contributed by atoms with E-state index in [2.05, 4.69) is 9.89 Å². The van der Waals surface area contributed by atoms with Crippen LogP contribution in [0.15, 0.2) is 16.5 Å². The third-order valence-corrected chi connectivity index (χ3v) is 3.24. The molecule has 0 aromatic carbocycles. The zero-order chi connectivity index (χ0) is 16.0. The summed E-state index contributed by atoms with van der Waals surface area (Å²) in [6.07, 6.45) is 1.00. The van der Waals surface area contributed by atoms with Gasteiger partial charge in [0.1, 0.15) is 12.4 Å². The number of hydrogen-bond acceptors (Lipinski definition) is 6. The Morgan fingerprint density at radius 1 is 1.33 bits per heavy atom. The molecular formula is C15H23NO5. The van der Waals surface area contributed by atoms with Crippen molar-refractivity contribution < 1.29 is 24.3 Å². The molecule has 1 N–H and O–H groups in total. The number of carbonyl (C=O) groups is 2. The lowest BCUT2D eigenvalue weighted by atomic mass is 9.75. The average molecular weight is 297 g/mol. The van der Waals surface area contributed by atoms with Crippen LogP contribution in [0.1, 0.15) is 46.5 Å². The molecule has 1 rings (SSSR count). The van der Waals surface area contributed by atoms with Gasteiger partial charge in [-0.1, -0.05) is 19.0 Å². The van der Waals surface area contributed by atoms with Gasteiger partial charge in [-0.05, 0) is 12.3 Å². The van der Waals surface area contributed by atoms with Crippen LogP contribution >= 0.6 is 0 Å². The Morgan fingerprint density at radius 3 is 2.52 bits per heavy atom. The molecule has 0 saturated heterocycles. The van der Waals surface area contributed by atoms with Crippen molar-refractivity contribution in [2.24, 2.45) is 10.6 Å². The number of hydrogen-bond donors (Lipinski definition) is 1. The van der Waals surface area contributed by atoms with E-state index in [1.54, 1.807) is 6.92 Å². The normalized spacial score (nSPS) is 18.7. The number of methoxy groups -OCH3 is 1. The van der Waals surface area contributed by atoms with E-state index in [1.165, 1.54) is 7.11 Å². The Kier molecular flexibility index (Phi) is 5.93. The van der Waals surface area contributed by atoms with E-state index in [1.807, 2.05) is 13.8 Å². The smallest absolute Gasteiger partial charge is 0.305 e. The molecule has 21 heavy (non-hydrogen) atoms. The Labute approximate surface area is 124 Å². The predicted molar refractivity (Wildman–Crippen MR) is 78.0 cm³/mol. The van der Waals surface area contributed by atoms with Gasteiger partial charge in [0.05, 0.1) is 24.8 Å². The van der Waals surface area contributed by atoms with Crippen LogP contribution in [0.2, 0.25) is 0 Å². The minimum atomic E-state index is -0.400. The molecule has 0 heterocycles. The number of oxime groups is 1. The molecule has 0 spiro atoms. The maximum atomic E-state index is 12.3. The average Bonchev–Trinajstić information content (AvgIpc) is 2.38. The Bertz CT molecular complexity index is 476. The summed E-state index contributed by atoms with van der Waals surface area (Å²) in [6.45, 7) is 5.95. The van der Waals surface area contributed by atoms with E-state index in [-0.39, 0.29) is 35.4 Å². The fourth-order valence-corrected chi connectivity index (χ4v) is 2.30. The van der Waals surface area contributed by atoms with E-state index in [0.29, 0.717) is 25.2 Å². The first kappa shape index (κ1) is 17.2. The van der Waals surface area contributed by atoms with Gasteiger partial charge in [0.25, 0.3) is 0 Å². The predicted octanol–water partition coefficient (Wildman–Crippen LogP) is 2.53. The zero-order valence-electron chi connectivity index (χ0n) is 13.1. The van der Waals surface area contributed by atoms with Crippen molar-refractivity contribution >= 4 is 17.5 Å². The summed E-state index contributed by atoms with van der Waals surface area (Å²) in [5.41, 5.74) is 0.218. The number of rotatable bonds is 6. The van der Waals surface area contributed by atoms with Crippen molar-refractivity contribution in [1.82, 2.24) is 0 Å². The van der Waals surface area contributed by atoms with Gasteiger partial charge in [0.2, 0.25) is 0 Å². The van der Waals surface area contributed by atoms with E-state index in [9.17, 15) is 14.7 Å². The molecular weight excluding hydrogens is 274 g/mol. The molecule has 0 aliphatic heterocycles. The number of nitrogens with zero attached hydrogens (tertiary/aromatic N) is 1. The molecule has 0 atom stereocenters. The summed E-state index contributed by atoms with van der Waals surface area (Å²) in [7, 11) is 1.30. The molecule has 118 valence electrons. The molecule has 0 saturated carbocycles. The number of Topliss-reactive ketones (excluding diaryl/α,β-unsaturated/α-hetero) is 1. The second-order valence-corrected chi connectivity index (χ2v) is 5.79. The molecule has 1 aliphatic rings. The number of ketones is 1. The summed E-state index contributed by atoms with van der Waals surface area (Å²) in [5, 5.41) is 14.1. The van der Waals surface area contributed by atoms with Crippen molar-refractivity contribution in [3.05, 3.63) is 11.3 Å². The topological polar surface area (TPSA) is 85.2 Å². The quantitative estimate of drug-likeness (QED) is 0.462. The lowest BCUT2D eigenvalue weighted by Gasteiger charge is -2.29. The molecule has 0 amide bonds. The van der Waals surface area contributed by atoms with Crippen LogP contribution in [-0.4, -0.2) is 36.3 Å². The van der Waals surface area contributed by atoms with Crippen LogP contribution in [0.4, 0.5) is 0 Å². The van der Waals surface area contributed by atoms with Crippen LogP contribution in [0.25, 0.3) is 0 Å². The van der Waals surface area contributed by atoms with E-state index in [4.69, 9.17) is 4.84 Å².